The molecule has 0 spiro atoms. The largest absolute Gasteiger partial charge is 0.478 e. The van der Waals surface area contributed by atoms with Crippen molar-refractivity contribution in [3.05, 3.63) is 47.3 Å². The Bertz CT molecular complexity index is 762. The Morgan fingerprint density at radius 1 is 1.40 bits per heavy atom. The first-order valence-corrected chi connectivity index (χ1v) is 7.50. The molecular weight excluding hydrogens is 280 g/mol. The number of carboxylic acid groups (broad SMARTS) is 1. The van der Waals surface area contributed by atoms with Gasteiger partial charge in [-0.05, 0) is 24.6 Å². The van der Waals surface area contributed by atoms with Crippen LogP contribution in [0.1, 0.15) is 21.6 Å². The van der Waals surface area contributed by atoms with Crippen molar-refractivity contribution in [2.45, 2.75) is 17.6 Å². The summed E-state index contributed by atoms with van der Waals surface area (Å²) in [5.41, 5.74) is 0.900. The molecule has 106 valence electrons. The summed E-state index contributed by atoms with van der Waals surface area (Å²) in [5, 5.41) is 12.8. The Morgan fingerprint density at radius 2 is 2.10 bits per heavy atom. The van der Waals surface area contributed by atoms with Gasteiger partial charge in [-0.3, -0.25) is 4.68 Å². The molecule has 1 aromatic heterocycles. The number of hydrogen-bond acceptors (Lipinski definition) is 4. The SMILES string of the molecule is Cc1cccc(S(=O)(=O)Cc2c(C(=O)O)cnn2C)c1. The van der Waals surface area contributed by atoms with Crippen LogP contribution in [0.5, 0.6) is 0 Å². The van der Waals surface area contributed by atoms with Gasteiger partial charge in [0, 0.05) is 7.05 Å². The van der Waals surface area contributed by atoms with Gasteiger partial charge in [-0.2, -0.15) is 5.10 Å². The Balaban J connectivity index is 2.44. The first-order valence-electron chi connectivity index (χ1n) is 5.85. The van der Waals surface area contributed by atoms with Crippen molar-refractivity contribution in [1.29, 1.82) is 0 Å². The van der Waals surface area contributed by atoms with E-state index in [2.05, 4.69) is 5.10 Å². The lowest BCUT2D eigenvalue weighted by Gasteiger charge is -2.07. The molecule has 2 aromatic rings. The molecule has 6 nitrogen and oxygen atoms in total. The van der Waals surface area contributed by atoms with Gasteiger partial charge in [-0.25, -0.2) is 13.2 Å². The van der Waals surface area contributed by atoms with E-state index < -0.39 is 21.6 Å². The summed E-state index contributed by atoms with van der Waals surface area (Å²) in [6, 6.07) is 6.51. The zero-order chi connectivity index (χ0) is 14.9. The third kappa shape index (κ3) is 2.72. The number of aryl methyl sites for hydroxylation is 2. The van der Waals surface area contributed by atoms with Crippen molar-refractivity contribution in [3.8, 4) is 0 Å². The summed E-state index contributed by atoms with van der Waals surface area (Å²) in [6.45, 7) is 1.80. The summed E-state index contributed by atoms with van der Waals surface area (Å²) in [7, 11) is -2.09. The normalized spacial score (nSPS) is 11.5. The highest BCUT2D eigenvalue weighted by atomic mass is 32.2. The Kier molecular flexibility index (Phi) is 3.63. The standard InChI is InChI=1S/C13H14N2O4S/c1-9-4-3-5-10(6-9)20(18,19)8-12-11(13(16)17)7-14-15(12)2/h3-7H,8H2,1-2H3,(H,16,17). The smallest absolute Gasteiger partial charge is 0.339 e. The third-order valence-corrected chi connectivity index (χ3v) is 4.59. The number of rotatable bonds is 4. The first kappa shape index (κ1) is 14.3. The molecule has 0 atom stereocenters. The zero-order valence-electron chi connectivity index (χ0n) is 11.1. The maximum atomic E-state index is 12.3. The quantitative estimate of drug-likeness (QED) is 0.920. The van der Waals surface area contributed by atoms with Crippen molar-refractivity contribution >= 4 is 15.8 Å². The molecule has 0 bridgehead atoms. The first-order chi connectivity index (χ1) is 9.31. The van der Waals surface area contributed by atoms with Crippen molar-refractivity contribution < 1.29 is 18.3 Å². The third-order valence-electron chi connectivity index (χ3n) is 2.97. The second kappa shape index (κ2) is 5.09. The molecule has 20 heavy (non-hydrogen) atoms. The predicted octanol–water partition coefficient (Wildman–Crippen LogP) is 1.40. The van der Waals surface area contributed by atoms with Crippen LogP contribution in [0, 0.1) is 6.92 Å². The maximum Gasteiger partial charge on any atom is 0.339 e. The number of carbonyl (C=O) groups is 1. The summed E-state index contributed by atoms with van der Waals surface area (Å²) in [5.74, 6) is -1.58. The van der Waals surface area contributed by atoms with E-state index in [0.29, 0.717) is 0 Å². The van der Waals surface area contributed by atoms with Gasteiger partial charge in [0.15, 0.2) is 9.84 Å². The molecular formula is C13H14N2O4S. The number of hydrogen-bond donors (Lipinski definition) is 1. The number of sulfone groups is 1. The summed E-state index contributed by atoms with van der Waals surface area (Å²) in [4.78, 5) is 11.2. The molecule has 1 N–H and O–H groups in total. The molecule has 0 fully saturated rings. The van der Waals surface area contributed by atoms with E-state index in [1.807, 2.05) is 0 Å². The van der Waals surface area contributed by atoms with Gasteiger partial charge < -0.3 is 5.11 Å². The lowest BCUT2D eigenvalue weighted by Crippen LogP contribution is -2.12. The van der Waals surface area contributed by atoms with Crippen LogP contribution in [-0.2, 0) is 22.6 Å². The molecule has 0 aliphatic carbocycles. The molecule has 0 radical (unpaired) electrons. The molecule has 1 heterocycles. The van der Waals surface area contributed by atoms with Gasteiger partial charge in [0.05, 0.1) is 22.5 Å². The van der Waals surface area contributed by atoms with E-state index in [0.717, 1.165) is 11.8 Å². The molecule has 0 aliphatic heterocycles. The lowest BCUT2D eigenvalue weighted by molar-refractivity contribution is 0.0696. The number of carboxylic acids is 1. The van der Waals surface area contributed by atoms with Crippen LogP contribution in [-0.4, -0.2) is 29.3 Å². The number of nitrogens with zero attached hydrogens (tertiary/aromatic N) is 2. The average molecular weight is 294 g/mol. The summed E-state index contributed by atoms with van der Waals surface area (Å²) < 4.78 is 26.0. The minimum Gasteiger partial charge on any atom is -0.478 e. The van der Waals surface area contributed by atoms with Gasteiger partial charge in [-0.1, -0.05) is 12.1 Å². The number of benzene rings is 1. The molecule has 0 saturated carbocycles. The summed E-state index contributed by atoms with van der Waals surface area (Å²) >= 11 is 0. The van der Waals surface area contributed by atoms with Gasteiger partial charge >= 0.3 is 5.97 Å². The summed E-state index contributed by atoms with van der Waals surface area (Å²) in [6.07, 6.45) is 1.16. The predicted molar refractivity (Wildman–Crippen MR) is 72.2 cm³/mol. The fourth-order valence-corrected chi connectivity index (χ4v) is 3.41. The highest BCUT2D eigenvalue weighted by Gasteiger charge is 2.23. The minimum absolute atomic E-state index is 0.0938. The van der Waals surface area contributed by atoms with E-state index in [4.69, 9.17) is 5.11 Å². The topological polar surface area (TPSA) is 89.3 Å². The zero-order valence-corrected chi connectivity index (χ0v) is 11.9. The van der Waals surface area contributed by atoms with Crippen LogP contribution in [0.3, 0.4) is 0 Å². The monoisotopic (exact) mass is 294 g/mol. The highest BCUT2D eigenvalue weighted by Crippen LogP contribution is 2.19. The fraction of sp³-hybridized carbons (Fsp3) is 0.231. The fourth-order valence-electron chi connectivity index (χ4n) is 1.88. The van der Waals surface area contributed by atoms with Crippen LogP contribution in [0.4, 0.5) is 0 Å². The Labute approximate surface area is 116 Å². The van der Waals surface area contributed by atoms with Crippen LogP contribution in [0.2, 0.25) is 0 Å². The molecule has 0 amide bonds. The minimum atomic E-state index is -3.61. The van der Waals surface area contributed by atoms with E-state index in [1.54, 1.807) is 25.1 Å². The average Bonchev–Trinajstić information content (AvgIpc) is 2.71. The molecule has 0 saturated heterocycles. The van der Waals surface area contributed by atoms with E-state index in [-0.39, 0.29) is 16.2 Å². The van der Waals surface area contributed by atoms with Gasteiger partial charge in [-0.15, -0.1) is 0 Å². The molecule has 1 aromatic carbocycles. The second-order valence-electron chi connectivity index (χ2n) is 4.51. The van der Waals surface area contributed by atoms with Crippen LogP contribution < -0.4 is 0 Å². The molecule has 7 heteroatoms. The van der Waals surface area contributed by atoms with E-state index in [1.165, 1.54) is 17.8 Å². The van der Waals surface area contributed by atoms with Crippen LogP contribution in [0.15, 0.2) is 35.4 Å². The second-order valence-corrected chi connectivity index (χ2v) is 6.50. The highest BCUT2D eigenvalue weighted by molar-refractivity contribution is 7.90. The lowest BCUT2D eigenvalue weighted by atomic mass is 10.2. The van der Waals surface area contributed by atoms with E-state index in [9.17, 15) is 13.2 Å². The van der Waals surface area contributed by atoms with Crippen LogP contribution >= 0.6 is 0 Å². The maximum absolute atomic E-state index is 12.3. The van der Waals surface area contributed by atoms with Crippen molar-refractivity contribution in [3.63, 3.8) is 0 Å². The molecule has 2 rings (SSSR count). The van der Waals surface area contributed by atoms with Gasteiger partial charge in [0.2, 0.25) is 0 Å². The van der Waals surface area contributed by atoms with E-state index >= 15 is 0 Å². The Hall–Kier alpha value is -2.15. The van der Waals surface area contributed by atoms with Crippen molar-refractivity contribution in [2.24, 2.45) is 7.05 Å². The number of aromatic carboxylic acids is 1. The van der Waals surface area contributed by atoms with Crippen LogP contribution in [0.25, 0.3) is 0 Å². The van der Waals surface area contributed by atoms with Crippen molar-refractivity contribution in [2.75, 3.05) is 0 Å². The molecule has 0 unspecified atom stereocenters. The number of aromatic nitrogens is 2. The Morgan fingerprint density at radius 3 is 2.70 bits per heavy atom. The molecule has 0 aliphatic rings. The van der Waals surface area contributed by atoms with Crippen molar-refractivity contribution in [1.82, 2.24) is 9.78 Å². The van der Waals surface area contributed by atoms with Gasteiger partial charge in [0.25, 0.3) is 0 Å². The van der Waals surface area contributed by atoms with Gasteiger partial charge in [0.1, 0.15) is 5.56 Å².